The first-order valence-electron chi connectivity index (χ1n) is 8.94. The fourth-order valence-electron chi connectivity index (χ4n) is 4.43. The molecule has 1 aromatic carbocycles. The number of benzene rings is 1. The monoisotopic (exact) mass is 385 g/mol. The first-order valence-corrected chi connectivity index (χ1v) is 9.70. The molecule has 1 amide bonds. The largest absolute Gasteiger partial charge is 0.492 e. The molecule has 0 saturated heterocycles. The van der Waals surface area contributed by atoms with Gasteiger partial charge in [-0.25, -0.2) is 0 Å². The van der Waals surface area contributed by atoms with Crippen molar-refractivity contribution < 1.29 is 14.6 Å². The standard InChI is InChI=1S/C19H25Cl2NO3/c1-19(12-5-2-3-6-12)10-11-9-13(25-8-4-7-14(22)23)16(20)17(21)15(11)18(19)24/h9,12,18,24H,2-8,10H2,1H3,(H2,22,23). The molecule has 2 atom stereocenters. The van der Waals surface area contributed by atoms with Crippen LogP contribution in [-0.4, -0.2) is 17.6 Å². The first-order chi connectivity index (χ1) is 11.8. The molecule has 0 bridgehead atoms. The van der Waals surface area contributed by atoms with Gasteiger partial charge in [-0.1, -0.05) is 43.0 Å². The minimum absolute atomic E-state index is 0.198. The van der Waals surface area contributed by atoms with Crippen LogP contribution in [0.15, 0.2) is 6.07 Å². The second-order valence-corrected chi connectivity index (χ2v) is 8.32. The number of aliphatic hydroxyl groups is 1. The number of aliphatic hydroxyl groups excluding tert-OH is 1. The van der Waals surface area contributed by atoms with E-state index in [0.29, 0.717) is 34.7 Å². The summed E-state index contributed by atoms with van der Waals surface area (Å²) in [7, 11) is 0. The van der Waals surface area contributed by atoms with Crippen molar-refractivity contribution in [3.05, 3.63) is 27.2 Å². The first kappa shape index (κ1) is 18.8. The van der Waals surface area contributed by atoms with Crippen molar-refractivity contribution in [1.29, 1.82) is 0 Å². The molecule has 0 radical (unpaired) electrons. The van der Waals surface area contributed by atoms with Crippen molar-refractivity contribution in [3.8, 4) is 5.75 Å². The number of fused-ring (bicyclic) bond motifs is 1. The van der Waals surface area contributed by atoms with Crippen LogP contribution < -0.4 is 10.5 Å². The summed E-state index contributed by atoms with van der Waals surface area (Å²) in [4.78, 5) is 10.8. The Morgan fingerprint density at radius 2 is 2.04 bits per heavy atom. The SMILES string of the molecule is CC1(C2CCCC2)Cc2cc(OCCCC(N)=O)c(Cl)c(Cl)c2C1O. The molecule has 1 saturated carbocycles. The summed E-state index contributed by atoms with van der Waals surface area (Å²) in [5.74, 6) is 0.666. The molecule has 4 nitrogen and oxygen atoms in total. The highest BCUT2D eigenvalue weighted by molar-refractivity contribution is 6.43. The Balaban J connectivity index is 1.82. The fraction of sp³-hybridized carbons (Fsp3) is 0.632. The number of hydrogen-bond acceptors (Lipinski definition) is 3. The zero-order chi connectivity index (χ0) is 18.2. The number of amides is 1. The zero-order valence-electron chi connectivity index (χ0n) is 14.5. The van der Waals surface area contributed by atoms with Crippen LogP contribution in [0.2, 0.25) is 10.0 Å². The molecule has 2 aliphatic carbocycles. The molecule has 0 spiro atoms. The van der Waals surface area contributed by atoms with Gasteiger partial charge in [-0.05, 0) is 43.2 Å². The number of hydrogen-bond donors (Lipinski definition) is 2. The molecule has 138 valence electrons. The molecule has 2 aliphatic rings. The Hall–Kier alpha value is -0.970. The van der Waals surface area contributed by atoms with Gasteiger partial charge >= 0.3 is 0 Å². The van der Waals surface area contributed by atoms with Gasteiger partial charge in [0.15, 0.2) is 0 Å². The van der Waals surface area contributed by atoms with Crippen molar-refractivity contribution in [2.45, 2.75) is 58.0 Å². The van der Waals surface area contributed by atoms with E-state index in [-0.39, 0.29) is 17.7 Å². The van der Waals surface area contributed by atoms with Crippen molar-refractivity contribution in [3.63, 3.8) is 0 Å². The topological polar surface area (TPSA) is 72.5 Å². The van der Waals surface area contributed by atoms with E-state index >= 15 is 0 Å². The zero-order valence-corrected chi connectivity index (χ0v) is 16.0. The molecule has 0 aliphatic heterocycles. The molecule has 1 aromatic rings. The van der Waals surface area contributed by atoms with E-state index < -0.39 is 6.10 Å². The number of carbonyl (C=O) groups excluding carboxylic acids is 1. The van der Waals surface area contributed by atoms with Gasteiger partial charge in [0.2, 0.25) is 5.91 Å². The molecule has 6 heteroatoms. The minimum Gasteiger partial charge on any atom is -0.492 e. The lowest BCUT2D eigenvalue weighted by Gasteiger charge is -2.35. The van der Waals surface area contributed by atoms with Gasteiger partial charge in [-0.2, -0.15) is 0 Å². The second-order valence-electron chi connectivity index (χ2n) is 7.56. The van der Waals surface area contributed by atoms with Crippen molar-refractivity contribution in [2.24, 2.45) is 17.1 Å². The smallest absolute Gasteiger partial charge is 0.217 e. The van der Waals surface area contributed by atoms with E-state index in [1.807, 2.05) is 6.07 Å². The van der Waals surface area contributed by atoms with Crippen LogP contribution in [0.25, 0.3) is 0 Å². The van der Waals surface area contributed by atoms with Gasteiger partial charge in [0.05, 0.1) is 17.7 Å². The van der Waals surface area contributed by atoms with Gasteiger partial charge in [0, 0.05) is 17.4 Å². The van der Waals surface area contributed by atoms with Crippen LogP contribution in [-0.2, 0) is 11.2 Å². The van der Waals surface area contributed by atoms with E-state index in [4.69, 9.17) is 33.7 Å². The van der Waals surface area contributed by atoms with Gasteiger partial charge < -0.3 is 15.6 Å². The summed E-state index contributed by atoms with van der Waals surface area (Å²) >= 11 is 12.9. The molecule has 25 heavy (non-hydrogen) atoms. The minimum atomic E-state index is -0.598. The van der Waals surface area contributed by atoms with Crippen molar-refractivity contribution >= 4 is 29.1 Å². The van der Waals surface area contributed by atoms with Crippen LogP contribution in [0.5, 0.6) is 5.75 Å². The summed E-state index contributed by atoms with van der Waals surface area (Å²) in [5, 5.41) is 11.7. The highest BCUT2D eigenvalue weighted by atomic mass is 35.5. The molecule has 3 rings (SSSR count). The molecule has 2 unspecified atom stereocenters. The third kappa shape index (κ3) is 3.49. The summed E-state index contributed by atoms with van der Waals surface area (Å²) in [5.41, 5.74) is 6.71. The van der Waals surface area contributed by atoms with Gasteiger partial charge in [0.1, 0.15) is 10.8 Å². The molecule has 0 heterocycles. The summed E-state index contributed by atoms with van der Waals surface area (Å²) in [6, 6.07) is 1.90. The number of ether oxygens (including phenoxy) is 1. The third-order valence-corrected chi connectivity index (χ3v) is 6.74. The number of primary amides is 1. The van der Waals surface area contributed by atoms with Gasteiger partial charge in [-0.3, -0.25) is 4.79 Å². The predicted molar refractivity (Wildman–Crippen MR) is 99.1 cm³/mol. The van der Waals surface area contributed by atoms with E-state index in [0.717, 1.165) is 30.4 Å². The Morgan fingerprint density at radius 3 is 2.68 bits per heavy atom. The maximum Gasteiger partial charge on any atom is 0.217 e. The molecular formula is C19H25Cl2NO3. The van der Waals surface area contributed by atoms with Crippen LogP contribution in [0.4, 0.5) is 0 Å². The highest BCUT2D eigenvalue weighted by Crippen LogP contribution is 2.57. The molecular weight excluding hydrogens is 361 g/mol. The van der Waals surface area contributed by atoms with Crippen LogP contribution in [0, 0.1) is 11.3 Å². The lowest BCUT2D eigenvalue weighted by molar-refractivity contribution is -0.118. The Morgan fingerprint density at radius 1 is 1.36 bits per heavy atom. The van der Waals surface area contributed by atoms with E-state index in [2.05, 4.69) is 6.92 Å². The lowest BCUT2D eigenvalue weighted by atomic mass is 9.72. The summed E-state index contributed by atoms with van der Waals surface area (Å²) < 4.78 is 5.72. The normalized spacial score (nSPS) is 26.0. The average Bonchev–Trinajstić information content (AvgIpc) is 3.17. The second kappa shape index (κ2) is 7.34. The van der Waals surface area contributed by atoms with Crippen molar-refractivity contribution in [1.82, 2.24) is 0 Å². The van der Waals surface area contributed by atoms with Crippen LogP contribution >= 0.6 is 23.2 Å². The van der Waals surface area contributed by atoms with Gasteiger partial charge in [-0.15, -0.1) is 0 Å². The maximum absolute atomic E-state index is 11.0. The Labute approximate surface area is 158 Å². The maximum atomic E-state index is 11.0. The average molecular weight is 386 g/mol. The lowest BCUT2D eigenvalue weighted by Crippen LogP contribution is -2.30. The van der Waals surface area contributed by atoms with E-state index in [1.54, 1.807) is 0 Å². The fourth-order valence-corrected chi connectivity index (χ4v) is 4.96. The van der Waals surface area contributed by atoms with E-state index in [9.17, 15) is 9.90 Å². The number of carbonyl (C=O) groups is 1. The Bertz CT molecular complexity index is 673. The van der Waals surface area contributed by atoms with Gasteiger partial charge in [0.25, 0.3) is 0 Å². The quantitative estimate of drug-likeness (QED) is 0.711. The van der Waals surface area contributed by atoms with Crippen LogP contribution in [0.3, 0.4) is 0 Å². The molecule has 1 fully saturated rings. The van der Waals surface area contributed by atoms with Crippen LogP contribution in [0.1, 0.15) is 62.7 Å². The number of halogens is 2. The molecule has 0 aromatic heterocycles. The number of nitrogens with two attached hydrogens (primary N) is 1. The predicted octanol–water partition coefficient (Wildman–Crippen LogP) is 4.42. The third-order valence-electron chi connectivity index (χ3n) is 5.88. The number of rotatable bonds is 6. The Kier molecular flexibility index (Phi) is 5.52. The summed E-state index contributed by atoms with van der Waals surface area (Å²) in [6.45, 7) is 2.51. The van der Waals surface area contributed by atoms with Crippen molar-refractivity contribution in [2.75, 3.05) is 6.61 Å². The summed E-state index contributed by atoms with van der Waals surface area (Å²) in [6.07, 6.45) is 5.75. The van der Waals surface area contributed by atoms with E-state index in [1.165, 1.54) is 12.8 Å². The molecule has 3 N–H and O–H groups in total. The highest BCUT2D eigenvalue weighted by Gasteiger charge is 2.49.